The smallest absolute Gasteiger partial charge is 0.362 e. The molecule has 2 heterocycles. The summed E-state index contributed by atoms with van der Waals surface area (Å²) in [6.45, 7) is -2.10. The van der Waals surface area contributed by atoms with Crippen molar-refractivity contribution in [2.75, 3.05) is 18.5 Å². The molecule has 0 bridgehead atoms. The zero-order valence-corrected chi connectivity index (χ0v) is 13.0. The van der Waals surface area contributed by atoms with Crippen LogP contribution in [0.15, 0.2) is 42.0 Å². The lowest BCUT2D eigenvalue weighted by Crippen LogP contribution is -2.23. The van der Waals surface area contributed by atoms with Gasteiger partial charge in [-0.1, -0.05) is 12.1 Å². The minimum absolute atomic E-state index is 0.473. The first kappa shape index (κ1) is 16.5. The molecule has 9 heteroatoms. The SMILES string of the molecule is O=C(COCC(F)(F)F)Nc1ccc(-c2cn3ccsc3n2)cc1. The zero-order chi connectivity index (χ0) is 17.2. The Bertz CT molecular complexity index is 811. The first-order valence-electron chi connectivity index (χ1n) is 6.88. The second kappa shape index (κ2) is 6.62. The molecule has 1 N–H and O–H groups in total. The molecule has 1 aromatic carbocycles. The van der Waals surface area contributed by atoms with Crippen molar-refractivity contribution >= 4 is 27.9 Å². The average molecular weight is 355 g/mol. The van der Waals surface area contributed by atoms with Gasteiger partial charge in [0, 0.05) is 29.0 Å². The van der Waals surface area contributed by atoms with Crippen LogP contribution in [-0.2, 0) is 9.53 Å². The predicted molar refractivity (Wildman–Crippen MR) is 84.0 cm³/mol. The predicted octanol–water partition coefficient (Wildman–Crippen LogP) is 3.58. The quantitative estimate of drug-likeness (QED) is 0.761. The van der Waals surface area contributed by atoms with E-state index in [0.29, 0.717) is 5.69 Å². The lowest BCUT2D eigenvalue weighted by atomic mass is 10.1. The molecule has 126 valence electrons. The monoisotopic (exact) mass is 355 g/mol. The minimum atomic E-state index is -4.44. The summed E-state index contributed by atoms with van der Waals surface area (Å²) in [5.74, 6) is -0.644. The highest BCUT2D eigenvalue weighted by molar-refractivity contribution is 7.15. The summed E-state index contributed by atoms with van der Waals surface area (Å²) in [6, 6.07) is 6.87. The van der Waals surface area contributed by atoms with Gasteiger partial charge in [0.2, 0.25) is 5.91 Å². The fourth-order valence-electron chi connectivity index (χ4n) is 2.05. The van der Waals surface area contributed by atoms with E-state index in [1.807, 2.05) is 22.2 Å². The van der Waals surface area contributed by atoms with Crippen molar-refractivity contribution < 1.29 is 22.7 Å². The summed E-state index contributed by atoms with van der Waals surface area (Å²) in [7, 11) is 0. The Kier molecular flexibility index (Phi) is 4.54. The number of hydrogen-bond donors (Lipinski definition) is 1. The zero-order valence-electron chi connectivity index (χ0n) is 12.2. The highest BCUT2D eigenvalue weighted by Crippen LogP contribution is 2.23. The number of alkyl halides is 3. The van der Waals surface area contributed by atoms with E-state index >= 15 is 0 Å². The summed E-state index contributed by atoms with van der Waals surface area (Å²) >= 11 is 1.52. The fourth-order valence-corrected chi connectivity index (χ4v) is 2.75. The molecule has 24 heavy (non-hydrogen) atoms. The van der Waals surface area contributed by atoms with Crippen molar-refractivity contribution in [2.45, 2.75) is 6.18 Å². The Labute approximate surface area is 138 Å². The molecular weight excluding hydrogens is 343 g/mol. The Morgan fingerprint density at radius 1 is 1.29 bits per heavy atom. The number of carbonyl (C=O) groups excluding carboxylic acids is 1. The third kappa shape index (κ3) is 4.12. The van der Waals surface area contributed by atoms with Crippen molar-refractivity contribution in [2.24, 2.45) is 0 Å². The molecule has 0 saturated carbocycles. The normalized spacial score (nSPS) is 11.8. The number of hydrogen-bond acceptors (Lipinski definition) is 4. The molecule has 0 atom stereocenters. The van der Waals surface area contributed by atoms with Crippen LogP contribution in [0.5, 0.6) is 0 Å². The molecule has 0 fully saturated rings. The van der Waals surface area contributed by atoms with Crippen molar-refractivity contribution in [3.8, 4) is 11.3 Å². The Morgan fingerprint density at radius 2 is 2.04 bits per heavy atom. The van der Waals surface area contributed by atoms with Crippen LogP contribution in [-0.4, -0.2) is 34.7 Å². The summed E-state index contributed by atoms with van der Waals surface area (Å²) in [6.07, 6.45) is -0.642. The highest BCUT2D eigenvalue weighted by Gasteiger charge is 2.27. The summed E-state index contributed by atoms with van der Waals surface area (Å²) in [5, 5.41) is 4.41. The maximum Gasteiger partial charge on any atom is 0.411 e. The standard InChI is InChI=1S/C15H12F3N3O2S/c16-15(17,18)9-23-8-13(22)19-11-3-1-10(2-4-11)12-7-21-5-6-24-14(21)20-12/h1-7H,8-9H2,(H,19,22). The lowest BCUT2D eigenvalue weighted by Gasteiger charge is -2.08. The molecule has 0 spiro atoms. The van der Waals surface area contributed by atoms with E-state index in [1.54, 1.807) is 24.3 Å². The number of benzene rings is 1. The number of rotatable bonds is 5. The summed E-state index contributed by atoms with van der Waals surface area (Å²) in [4.78, 5) is 16.9. The number of nitrogens with zero attached hydrogens (tertiary/aromatic N) is 2. The molecule has 0 aliphatic carbocycles. The van der Waals surface area contributed by atoms with Gasteiger partial charge < -0.3 is 10.1 Å². The molecule has 1 amide bonds. The van der Waals surface area contributed by atoms with Gasteiger partial charge in [-0.2, -0.15) is 13.2 Å². The van der Waals surface area contributed by atoms with Gasteiger partial charge in [0.15, 0.2) is 4.96 Å². The third-order valence-electron chi connectivity index (χ3n) is 3.06. The second-order valence-corrected chi connectivity index (χ2v) is 5.83. The van der Waals surface area contributed by atoms with E-state index in [-0.39, 0.29) is 0 Å². The van der Waals surface area contributed by atoms with Gasteiger partial charge in [0.1, 0.15) is 13.2 Å². The van der Waals surface area contributed by atoms with Gasteiger partial charge in [-0.25, -0.2) is 4.98 Å². The fraction of sp³-hybridized carbons (Fsp3) is 0.200. The number of halogens is 3. The van der Waals surface area contributed by atoms with Crippen molar-refractivity contribution in [3.05, 3.63) is 42.0 Å². The third-order valence-corrected chi connectivity index (χ3v) is 3.83. The molecule has 0 radical (unpaired) electrons. The summed E-state index contributed by atoms with van der Waals surface area (Å²) in [5.41, 5.74) is 2.14. The Morgan fingerprint density at radius 3 is 2.71 bits per heavy atom. The van der Waals surface area contributed by atoms with Crippen LogP contribution in [0.3, 0.4) is 0 Å². The van der Waals surface area contributed by atoms with Crippen molar-refractivity contribution in [1.82, 2.24) is 9.38 Å². The molecule has 2 aromatic heterocycles. The molecule has 0 saturated heterocycles. The minimum Gasteiger partial charge on any atom is -0.362 e. The van der Waals surface area contributed by atoms with Crippen LogP contribution in [0.25, 0.3) is 16.2 Å². The number of thiazole rings is 1. The van der Waals surface area contributed by atoms with E-state index < -0.39 is 25.3 Å². The van der Waals surface area contributed by atoms with Crippen molar-refractivity contribution in [3.63, 3.8) is 0 Å². The largest absolute Gasteiger partial charge is 0.411 e. The number of nitrogens with one attached hydrogen (secondary N) is 1. The van der Waals surface area contributed by atoms with Gasteiger partial charge >= 0.3 is 6.18 Å². The van der Waals surface area contributed by atoms with Crippen LogP contribution < -0.4 is 5.32 Å². The van der Waals surface area contributed by atoms with Crippen molar-refractivity contribution in [1.29, 1.82) is 0 Å². The van der Waals surface area contributed by atoms with Gasteiger partial charge in [0.25, 0.3) is 0 Å². The topological polar surface area (TPSA) is 55.6 Å². The van der Waals surface area contributed by atoms with Crippen LogP contribution in [0.2, 0.25) is 0 Å². The molecular formula is C15H12F3N3O2S. The van der Waals surface area contributed by atoms with Gasteiger partial charge in [-0.3, -0.25) is 9.20 Å². The van der Waals surface area contributed by atoms with Crippen LogP contribution in [0.1, 0.15) is 0 Å². The van der Waals surface area contributed by atoms with Crippen LogP contribution in [0, 0.1) is 0 Å². The molecule has 0 aliphatic heterocycles. The highest BCUT2D eigenvalue weighted by atomic mass is 32.1. The number of fused-ring (bicyclic) bond motifs is 1. The van der Waals surface area contributed by atoms with Gasteiger partial charge in [0.05, 0.1) is 5.69 Å². The first-order chi connectivity index (χ1) is 11.4. The number of carbonyl (C=O) groups is 1. The number of anilines is 1. The number of imidazole rings is 1. The molecule has 5 nitrogen and oxygen atoms in total. The molecule has 3 rings (SSSR count). The van der Waals surface area contributed by atoms with Crippen LogP contribution in [0.4, 0.5) is 18.9 Å². The first-order valence-corrected chi connectivity index (χ1v) is 7.76. The molecule has 0 aliphatic rings. The molecule has 3 aromatic rings. The lowest BCUT2D eigenvalue weighted by molar-refractivity contribution is -0.174. The van der Waals surface area contributed by atoms with Gasteiger partial charge in [-0.15, -0.1) is 11.3 Å². The number of ether oxygens (including phenoxy) is 1. The second-order valence-electron chi connectivity index (χ2n) is 4.95. The maximum atomic E-state index is 11.9. The summed E-state index contributed by atoms with van der Waals surface area (Å²) < 4.78 is 42.0. The maximum absolute atomic E-state index is 11.9. The van der Waals surface area contributed by atoms with E-state index in [1.165, 1.54) is 11.3 Å². The number of amides is 1. The van der Waals surface area contributed by atoms with E-state index in [2.05, 4.69) is 15.0 Å². The number of aromatic nitrogens is 2. The van der Waals surface area contributed by atoms with E-state index in [0.717, 1.165) is 16.2 Å². The average Bonchev–Trinajstić information content (AvgIpc) is 3.08. The van der Waals surface area contributed by atoms with E-state index in [9.17, 15) is 18.0 Å². The molecule has 0 unspecified atom stereocenters. The Balaban J connectivity index is 1.58. The van der Waals surface area contributed by atoms with Crippen LogP contribution >= 0.6 is 11.3 Å². The van der Waals surface area contributed by atoms with E-state index in [4.69, 9.17) is 0 Å². The van der Waals surface area contributed by atoms with Gasteiger partial charge in [-0.05, 0) is 12.1 Å². The Hall–Kier alpha value is -2.39.